The van der Waals surface area contributed by atoms with E-state index in [9.17, 15) is 0 Å². The molecule has 1 aromatic rings. The van der Waals surface area contributed by atoms with Crippen molar-refractivity contribution in [2.45, 2.75) is 44.4 Å². The Labute approximate surface area is 92.7 Å². The van der Waals surface area contributed by atoms with Gasteiger partial charge in [0.15, 0.2) is 0 Å². The third-order valence-corrected chi connectivity index (χ3v) is 3.51. The smallest absolute Gasteiger partial charge is 0.00690 e. The van der Waals surface area contributed by atoms with Gasteiger partial charge < -0.3 is 5.73 Å². The Balaban J connectivity index is 2.14. The van der Waals surface area contributed by atoms with Crippen LogP contribution >= 0.6 is 0 Å². The van der Waals surface area contributed by atoms with Gasteiger partial charge >= 0.3 is 0 Å². The zero-order valence-electron chi connectivity index (χ0n) is 9.79. The Morgan fingerprint density at radius 1 is 1.20 bits per heavy atom. The molecule has 0 aliphatic heterocycles. The Bertz CT molecular complexity index is 320. The van der Waals surface area contributed by atoms with E-state index in [-0.39, 0.29) is 5.41 Å². The first kappa shape index (κ1) is 10.7. The summed E-state index contributed by atoms with van der Waals surface area (Å²) in [5.74, 6) is 0.858. The largest absolute Gasteiger partial charge is 0.330 e. The normalized spacial score (nSPS) is 16.7. The van der Waals surface area contributed by atoms with Crippen LogP contribution in [0.15, 0.2) is 24.3 Å². The molecular formula is C14H21N. The summed E-state index contributed by atoms with van der Waals surface area (Å²) < 4.78 is 0. The second-order valence-corrected chi connectivity index (χ2v) is 5.32. The van der Waals surface area contributed by atoms with Crippen molar-refractivity contribution >= 4 is 0 Å². The number of hydrogen-bond acceptors (Lipinski definition) is 1. The quantitative estimate of drug-likeness (QED) is 0.799. The van der Waals surface area contributed by atoms with E-state index in [0.717, 1.165) is 18.9 Å². The fraction of sp³-hybridized carbons (Fsp3) is 0.571. The standard InChI is InChI=1S/C14H21N/c1-14(2,9-10-15)13-7-5-12(6-8-13)11-3-4-11/h5-8,11H,3-4,9-10,15H2,1-2H3. The van der Waals surface area contributed by atoms with Gasteiger partial charge in [-0.15, -0.1) is 0 Å². The van der Waals surface area contributed by atoms with Crippen LogP contribution in [0.1, 0.15) is 50.2 Å². The molecule has 0 heterocycles. The van der Waals surface area contributed by atoms with Crippen LogP contribution in [0.5, 0.6) is 0 Å². The summed E-state index contributed by atoms with van der Waals surface area (Å²) >= 11 is 0. The van der Waals surface area contributed by atoms with E-state index in [2.05, 4.69) is 38.1 Å². The summed E-state index contributed by atoms with van der Waals surface area (Å²) in [6.07, 6.45) is 3.81. The summed E-state index contributed by atoms with van der Waals surface area (Å²) in [4.78, 5) is 0. The van der Waals surface area contributed by atoms with Gasteiger partial charge in [-0.05, 0) is 48.3 Å². The van der Waals surface area contributed by atoms with Gasteiger partial charge in [-0.3, -0.25) is 0 Å². The van der Waals surface area contributed by atoms with Crippen LogP contribution in [-0.2, 0) is 5.41 Å². The maximum Gasteiger partial charge on any atom is -0.00690 e. The minimum absolute atomic E-state index is 0.219. The fourth-order valence-corrected chi connectivity index (χ4v) is 2.13. The SMILES string of the molecule is CC(C)(CCN)c1ccc(C2CC2)cc1. The highest BCUT2D eigenvalue weighted by atomic mass is 14.5. The lowest BCUT2D eigenvalue weighted by Crippen LogP contribution is -2.21. The lowest BCUT2D eigenvalue weighted by atomic mass is 9.81. The van der Waals surface area contributed by atoms with Crippen LogP contribution in [0.25, 0.3) is 0 Å². The molecular weight excluding hydrogens is 182 g/mol. The van der Waals surface area contributed by atoms with E-state index in [1.807, 2.05) is 0 Å². The highest BCUT2D eigenvalue weighted by Gasteiger charge is 2.24. The van der Waals surface area contributed by atoms with Crippen molar-refractivity contribution in [3.8, 4) is 0 Å². The second kappa shape index (κ2) is 3.97. The van der Waals surface area contributed by atoms with Crippen LogP contribution in [0.4, 0.5) is 0 Å². The average molecular weight is 203 g/mol. The molecule has 1 aliphatic carbocycles. The first-order valence-electron chi connectivity index (χ1n) is 5.94. The first-order chi connectivity index (χ1) is 7.13. The predicted octanol–water partition coefficient (Wildman–Crippen LogP) is 3.19. The average Bonchev–Trinajstić information content (AvgIpc) is 3.01. The van der Waals surface area contributed by atoms with E-state index in [0.29, 0.717) is 0 Å². The summed E-state index contributed by atoms with van der Waals surface area (Å²) in [7, 11) is 0. The molecule has 0 amide bonds. The molecule has 0 saturated heterocycles. The van der Waals surface area contributed by atoms with Crippen LogP contribution in [0.2, 0.25) is 0 Å². The number of rotatable bonds is 4. The number of nitrogens with two attached hydrogens (primary N) is 1. The number of benzene rings is 1. The third-order valence-electron chi connectivity index (χ3n) is 3.51. The molecule has 2 rings (SSSR count). The van der Waals surface area contributed by atoms with Crippen molar-refractivity contribution in [1.29, 1.82) is 0 Å². The molecule has 0 spiro atoms. The summed E-state index contributed by atoms with van der Waals surface area (Å²) in [6, 6.07) is 9.16. The Morgan fingerprint density at radius 3 is 2.27 bits per heavy atom. The van der Waals surface area contributed by atoms with Gasteiger partial charge in [0.1, 0.15) is 0 Å². The molecule has 1 saturated carbocycles. The molecule has 1 aliphatic rings. The molecule has 82 valence electrons. The van der Waals surface area contributed by atoms with Gasteiger partial charge in [-0.25, -0.2) is 0 Å². The van der Waals surface area contributed by atoms with E-state index in [1.165, 1.54) is 24.0 Å². The molecule has 1 heteroatoms. The Hall–Kier alpha value is -0.820. The van der Waals surface area contributed by atoms with Crippen molar-refractivity contribution < 1.29 is 0 Å². The maximum atomic E-state index is 5.64. The van der Waals surface area contributed by atoms with Gasteiger partial charge in [-0.2, -0.15) is 0 Å². The molecule has 1 fully saturated rings. The number of hydrogen-bond donors (Lipinski definition) is 1. The lowest BCUT2D eigenvalue weighted by molar-refractivity contribution is 0.487. The van der Waals surface area contributed by atoms with Crippen LogP contribution in [0.3, 0.4) is 0 Å². The Kier molecular flexibility index (Phi) is 2.83. The fourth-order valence-electron chi connectivity index (χ4n) is 2.13. The molecule has 0 atom stereocenters. The molecule has 0 unspecified atom stereocenters. The summed E-state index contributed by atoms with van der Waals surface area (Å²) in [6.45, 7) is 5.30. The van der Waals surface area contributed by atoms with E-state index >= 15 is 0 Å². The zero-order valence-corrected chi connectivity index (χ0v) is 9.79. The Morgan fingerprint density at radius 2 is 1.80 bits per heavy atom. The molecule has 15 heavy (non-hydrogen) atoms. The molecule has 0 radical (unpaired) electrons. The molecule has 2 N–H and O–H groups in total. The van der Waals surface area contributed by atoms with Crippen molar-refractivity contribution in [3.63, 3.8) is 0 Å². The summed E-state index contributed by atoms with van der Waals surface area (Å²) in [5.41, 5.74) is 8.79. The first-order valence-corrected chi connectivity index (χ1v) is 5.94. The highest BCUT2D eigenvalue weighted by Crippen LogP contribution is 2.40. The van der Waals surface area contributed by atoms with E-state index < -0.39 is 0 Å². The third kappa shape index (κ3) is 2.40. The van der Waals surface area contributed by atoms with Crippen LogP contribution < -0.4 is 5.73 Å². The van der Waals surface area contributed by atoms with Crippen molar-refractivity contribution in [2.24, 2.45) is 5.73 Å². The highest BCUT2D eigenvalue weighted by molar-refractivity contribution is 5.31. The minimum Gasteiger partial charge on any atom is -0.330 e. The molecule has 1 nitrogen and oxygen atoms in total. The molecule has 1 aromatic carbocycles. The monoisotopic (exact) mass is 203 g/mol. The lowest BCUT2D eigenvalue weighted by Gasteiger charge is -2.24. The van der Waals surface area contributed by atoms with Crippen LogP contribution in [0, 0.1) is 0 Å². The van der Waals surface area contributed by atoms with Crippen molar-refractivity contribution in [2.75, 3.05) is 6.54 Å². The maximum absolute atomic E-state index is 5.64. The zero-order chi connectivity index (χ0) is 10.9. The van der Waals surface area contributed by atoms with Gasteiger partial charge in [0.05, 0.1) is 0 Å². The topological polar surface area (TPSA) is 26.0 Å². The van der Waals surface area contributed by atoms with Crippen molar-refractivity contribution in [3.05, 3.63) is 35.4 Å². The molecule has 0 aromatic heterocycles. The second-order valence-electron chi connectivity index (χ2n) is 5.32. The predicted molar refractivity (Wildman–Crippen MR) is 65.1 cm³/mol. The van der Waals surface area contributed by atoms with E-state index in [1.54, 1.807) is 0 Å². The summed E-state index contributed by atoms with van der Waals surface area (Å²) in [5, 5.41) is 0. The minimum atomic E-state index is 0.219. The van der Waals surface area contributed by atoms with E-state index in [4.69, 9.17) is 5.73 Å². The van der Waals surface area contributed by atoms with Gasteiger partial charge in [0.2, 0.25) is 0 Å². The molecule has 0 bridgehead atoms. The van der Waals surface area contributed by atoms with Crippen LogP contribution in [-0.4, -0.2) is 6.54 Å². The van der Waals surface area contributed by atoms with Gasteiger partial charge in [-0.1, -0.05) is 38.1 Å². The van der Waals surface area contributed by atoms with Gasteiger partial charge in [0.25, 0.3) is 0 Å². The van der Waals surface area contributed by atoms with Crippen molar-refractivity contribution in [1.82, 2.24) is 0 Å². The van der Waals surface area contributed by atoms with Gasteiger partial charge in [0, 0.05) is 0 Å².